The minimum absolute atomic E-state index is 0.00280. The summed E-state index contributed by atoms with van der Waals surface area (Å²) < 4.78 is 76.4. The number of benzene rings is 1. The Balaban J connectivity index is 1.61. The Labute approximate surface area is 232 Å². The number of pyridine rings is 1. The van der Waals surface area contributed by atoms with Crippen molar-refractivity contribution in [3.8, 4) is 21.9 Å². The number of hydrogen-bond donors (Lipinski definition) is 2. The van der Waals surface area contributed by atoms with Crippen LogP contribution in [0.3, 0.4) is 0 Å². The highest BCUT2D eigenvalue weighted by Gasteiger charge is 2.41. The lowest BCUT2D eigenvalue weighted by molar-refractivity contribution is -0.189. The first-order valence-electron chi connectivity index (χ1n) is 12.0. The molecule has 40 heavy (non-hydrogen) atoms. The van der Waals surface area contributed by atoms with Crippen molar-refractivity contribution in [1.29, 1.82) is 0 Å². The number of ether oxygens (including phenoxy) is 2. The van der Waals surface area contributed by atoms with Crippen molar-refractivity contribution in [1.82, 2.24) is 9.97 Å². The highest BCUT2D eigenvalue weighted by atomic mass is 32.2. The lowest BCUT2D eigenvalue weighted by Gasteiger charge is -2.14. The average molecular weight is 599 g/mol. The van der Waals surface area contributed by atoms with Gasteiger partial charge in [0.1, 0.15) is 10.6 Å². The quantitative estimate of drug-likeness (QED) is 0.337. The van der Waals surface area contributed by atoms with Gasteiger partial charge in [-0.2, -0.15) is 13.2 Å². The fourth-order valence-corrected chi connectivity index (χ4v) is 6.38. The van der Waals surface area contributed by atoms with E-state index in [9.17, 15) is 31.2 Å². The number of aryl methyl sites for hydroxylation is 2. The molecule has 1 aromatic carbocycles. The van der Waals surface area contributed by atoms with Gasteiger partial charge in [-0.1, -0.05) is 24.2 Å². The van der Waals surface area contributed by atoms with Crippen LogP contribution in [0, 0.1) is 19.8 Å². The molecule has 1 amide bonds. The molecule has 2 aromatic heterocycles. The number of thiazole rings is 1. The van der Waals surface area contributed by atoms with Crippen LogP contribution in [-0.2, 0) is 19.6 Å². The molecule has 0 unspecified atom stereocenters. The Morgan fingerprint density at radius 3 is 2.42 bits per heavy atom. The molecule has 1 aliphatic carbocycles. The number of nitrogens with one attached hydrogen (secondary N) is 2. The predicted molar refractivity (Wildman–Crippen MR) is 141 cm³/mol. The fraction of sp³-hybridized carbons (Fsp3) is 0.360. The minimum atomic E-state index is -5.25. The average Bonchev–Trinajstić information content (AvgIpc) is 3.55. The molecular formula is C25H25F3N4O6S2. The van der Waals surface area contributed by atoms with Crippen molar-refractivity contribution in [3.63, 3.8) is 0 Å². The van der Waals surface area contributed by atoms with Crippen molar-refractivity contribution >= 4 is 44.1 Å². The van der Waals surface area contributed by atoms with E-state index in [1.54, 1.807) is 13.0 Å². The summed E-state index contributed by atoms with van der Waals surface area (Å²) in [7, 11) is -3.09. The lowest BCUT2D eigenvalue weighted by Crippen LogP contribution is -2.28. The Morgan fingerprint density at radius 2 is 1.77 bits per heavy atom. The highest BCUT2D eigenvalue weighted by molar-refractivity contribution is 7.92. The molecule has 214 valence electrons. The van der Waals surface area contributed by atoms with Gasteiger partial charge in [0.2, 0.25) is 5.91 Å². The maximum Gasteiger partial charge on any atom is 0.491 e. The number of methoxy groups -OCH3 is 1. The maximum atomic E-state index is 13.3. The van der Waals surface area contributed by atoms with Gasteiger partial charge in [-0.05, 0) is 50.5 Å². The van der Waals surface area contributed by atoms with Gasteiger partial charge in [-0.3, -0.25) is 14.5 Å². The van der Waals surface area contributed by atoms with E-state index in [4.69, 9.17) is 4.74 Å². The Morgan fingerprint density at radius 1 is 1.07 bits per heavy atom. The van der Waals surface area contributed by atoms with E-state index < -0.39 is 27.9 Å². The summed E-state index contributed by atoms with van der Waals surface area (Å²) in [4.78, 5) is 32.4. The van der Waals surface area contributed by atoms with Gasteiger partial charge in [0.25, 0.3) is 10.0 Å². The number of alkyl halides is 3. The molecule has 0 atom stereocenters. The molecule has 3 aromatic rings. The van der Waals surface area contributed by atoms with Gasteiger partial charge in [0.05, 0.1) is 35.3 Å². The number of amides is 1. The second-order valence-electron chi connectivity index (χ2n) is 9.07. The van der Waals surface area contributed by atoms with Gasteiger partial charge in [-0.25, -0.2) is 18.2 Å². The molecule has 1 aliphatic rings. The zero-order valence-corrected chi connectivity index (χ0v) is 23.2. The van der Waals surface area contributed by atoms with Crippen LogP contribution in [0.1, 0.15) is 37.1 Å². The summed E-state index contributed by atoms with van der Waals surface area (Å²) in [5.74, 6) is -3.17. The van der Waals surface area contributed by atoms with Crippen LogP contribution < -0.4 is 19.5 Å². The molecule has 2 heterocycles. The molecule has 0 radical (unpaired) electrons. The fourth-order valence-electron chi connectivity index (χ4n) is 4.18. The van der Waals surface area contributed by atoms with E-state index in [1.807, 2.05) is 0 Å². The first-order valence-corrected chi connectivity index (χ1v) is 14.3. The smallest absolute Gasteiger partial charge is 0.491 e. The summed E-state index contributed by atoms with van der Waals surface area (Å²) in [6.45, 7) is 3.03. The number of aromatic nitrogens is 2. The predicted octanol–water partition coefficient (Wildman–Crippen LogP) is 5.23. The first kappa shape index (κ1) is 29.3. The number of carbonyl (C=O) groups is 2. The lowest BCUT2D eigenvalue weighted by atomic mass is 10.1. The van der Waals surface area contributed by atoms with E-state index in [1.165, 1.54) is 37.5 Å². The van der Waals surface area contributed by atoms with Crippen LogP contribution in [0.25, 0.3) is 10.4 Å². The molecule has 0 aliphatic heterocycles. The maximum absolute atomic E-state index is 13.3. The van der Waals surface area contributed by atoms with E-state index in [0.717, 1.165) is 37.9 Å². The summed E-state index contributed by atoms with van der Waals surface area (Å²) in [5.41, 5.74) is 0.761. The molecule has 4 rings (SSSR count). The second kappa shape index (κ2) is 11.4. The van der Waals surface area contributed by atoms with Gasteiger partial charge in [0, 0.05) is 12.0 Å². The second-order valence-corrected chi connectivity index (χ2v) is 11.7. The standard InChI is InChI=1S/C25H25F3N4O6S2/c1-13-19(38-23(34)25(26,27)28)11-17(12-29-13)32-40(35,36)20-10-16(8-9-18(20)37-3)21-14(2)30-24(39-21)31-22(33)15-6-4-5-7-15/h8-12,15,32H,4-7H2,1-3H3,(H,30,31,33). The van der Waals surface area contributed by atoms with Gasteiger partial charge >= 0.3 is 12.1 Å². The van der Waals surface area contributed by atoms with E-state index in [2.05, 4.69) is 24.7 Å². The highest BCUT2D eigenvalue weighted by Crippen LogP contribution is 2.38. The normalized spacial score (nSPS) is 14.2. The van der Waals surface area contributed by atoms with Crippen molar-refractivity contribution < 1.29 is 40.7 Å². The molecule has 10 nitrogen and oxygen atoms in total. The number of anilines is 2. The van der Waals surface area contributed by atoms with Crippen LogP contribution >= 0.6 is 11.3 Å². The zero-order valence-electron chi connectivity index (χ0n) is 21.6. The van der Waals surface area contributed by atoms with Crippen LogP contribution in [0.4, 0.5) is 24.0 Å². The molecule has 1 saturated carbocycles. The summed E-state index contributed by atoms with van der Waals surface area (Å²) in [6.07, 6.45) is -0.492. The number of sulfonamides is 1. The number of hydrogen-bond acceptors (Lipinski definition) is 9. The third-order valence-corrected chi connectivity index (χ3v) is 8.72. The van der Waals surface area contributed by atoms with Gasteiger partial charge in [-0.15, -0.1) is 0 Å². The third kappa shape index (κ3) is 6.53. The number of nitrogens with zero attached hydrogens (tertiary/aromatic N) is 2. The Bertz CT molecular complexity index is 1550. The molecule has 2 N–H and O–H groups in total. The van der Waals surface area contributed by atoms with E-state index in [0.29, 0.717) is 21.3 Å². The first-order chi connectivity index (χ1) is 18.8. The number of esters is 1. The van der Waals surface area contributed by atoms with Crippen LogP contribution in [0.2, 0.25) is 0 Å². The minimum Gasteiger partial charge on any atom is -0.495 e. The number of halogens is 3. The topological polar surface area (TPSA) is 137 Å². The van der Waals surface area contributed by atoms with Crippen molar-refractivity contribution in [2.24, 2.45) is 5.92 Å². The summed E-state index contributed by atoms with van der Waals surface area (Å²) >= 11 is 1.20. The Kier molecular flexibility index (Phi) is 8.35. The molecule has 1 fully saturated rings. The number of carbonyl (C=O) groups excluding carboxylic acids is 2. The largest absolute Gasteiger partial charge is 0.495 e. The van der Waals surface area contributed by atoms with Crippen LogP contribution in [-0.4, -0.2) is 43.5 Å². The van der Waals surface area contributed by atoms with Gasteiger partial charge in [0.15, 0.2) is 10.9 Å². The molecular weight excluding hydrogens is 573 g/mol. The molecule has 0 saturated heterocycles. The SMILES string of the molecule is COc1ccc(-c2sc(NC(=O)C3CCCC3)nc2C)cc1S(=O)(=O)Nc1cnc(C)c(OC(=O)C(F)(F)F)c1. The molecule has 0 bridgehead atoms. The van der Waals surface area contributed by atoms with Gasteiger partial charge < -0.3 is 14.8 Å². The Hall–Kier alpha value is -3.72. The molecule has 15 heteroatoms. The number of rotatable bonds is 8. The third-order valence-electron chi connectivity index (χ3n) is 6.19. The van der Waals surface area contributed by atoms with Crippen LogP contribution in [0.15, 0.2) is 35.4 Å². The van der Waals surface area contributed by atoms with Crippen molar-refractivity contribution in [2.45, 2.75) is 50.6 Å². The van der Waals surface area contributed by atoms with E-state index in [-0.39, 0.29) is 33.9 Å². The summed E-state index contributed by atoms with van der Waals surface area (Å²) in [6, 6.07) is 5.37. The van der Waals surface area contributed by atoms with Crippen molar-refractivity contribution in [2.75, 3.05) is 17.1 Å². The zero-order chi connectivity index (χ0) is 29.2. The van der Waals surface area contributed by atoms with E-state index >= 15 is 0 Å². The van der Waals surface area contributed by atoms with Crippen molar-refractivity contribution in [3.05, 3.63) is 41.9 Å². The monoisotopic (exact) mass is 598 g/mol. The summed E-state index contributed by atoms with van der Waals surface area (Å²) in [5, 5.41) is 3.25. The van der Waals surface area contributed by atoms with Crippen LogP contribution in [0.5, 0.6) is 11.5 Å². The molecule has 0 spiro atoms.